The van der Waals surface area contributed by atoms with Crippen LogP contribution in [-0.2, 0) is 14.4 Å². The van der Waals surface area contributed by atoms with Crippen molar-refractivity contribution in [2.75, 3.05) is 24.4 Å². The highest BCUT2D eigenvalue weighted by Gasteiger charge is 2.13. The Morgan fingerprint density at radius 1 is 0.943 bits per heavy atom. The molecule has 0 aliphatic carbocycles. The molecule has 3 rings (SSSR count). The Morgan fingerprint density at radius 2 is 1.71 bits per heavy atom. The maximum Gasteiger partial charge on any atom is 0.329 e. The van der Waals surface area contributed by atoms with Gasteiger partial charge >= 0.3 is 11.8 Å². The first kappa shape index (κ1) is 25.3. The Morgan fingerprint density at radius 3 is 2.49 bits per heavy atom. The van der Waals surface area contributed by atoms with Crippen molar-refractivity contribution >= 4 is 46.9 Å². The molecule has 10 heteroatoms. The molecule has 0 aliphatic rings. The summed E-state index contributed by atoms with van der Waals surface area (Å²) in [5, 5.41) is 9.43. The zero-order valence-electron chi connectivity index (χ0n) is 19.0. The minimum atomic E-state index is -0.964. The summed E-state index contributed by atoms with van der Waals surface area (Å²) in [7, 11) is 1.54. The zero-order valence-corrected chi connectivity index (χ0v) is 19.8. The maximum atomic E-state index is 12.2. The first-order valence-corrected chi connectivity index (χ1v) is 10.8. The van der Waals surface area contributed by atoms with Crippen molar-refractivity contribution in [1.29, 1.82) is 0 Å². The van der Waals surface area contributed by atoms with Crippen LogP contribution in [0.15, 0.2) is 71.8 Å². The Hall–Kier alpha value is -4.37. The minimum Gasteiger partial charge on any atom is -0.497 e. The Labute approximate surface area is 207 Å². The van der Waals surface area contributed by atoms with E-state index in [4.69, 9.17) is 21.1 Å². The molecular formula is C25H23ClN4O5. The van der Waals surface area contributed by atoms with Crippen LogP contribution in [0.4, 0.5) is 11.4 Å². The van der Waals surface area contributed by atoms with E-state index in [1.807, 2.05) is 6.92 Å². The highest BCUT2D eigenvalue weighted by Crippen LogP contribution is 2.20. The van der Waals surface area contributed by atoms with Gasteiger partial charge in [0.25, 0.3) is 5.91 Å². The highest BCUT2D eigenvalue weighted by molar-refractivity contribution is 6.39. The Kier molecular flexibility index (Phi) is 8.80. The minimum absolute atomic E-state index is 0.254. The second-order valence-corrected chi connectivity index (χ2v) is 7.63. The molecule has 9 nitrogen and oxygen atoms in total. The Balaban J connectivity index is 1.53. The summed E-state index contributed by atoms with van der Waals surface area (Å²) in [6.45, 7) is 1.57. The SMILES string of the molecule is COc1cccc(NC(=O)COc2ccccc2/C=N\NC(=O)C(=O)Nc2ccc(C)c(Cl)c2)c1. The van der Waals surface area contributed by atoms with E-state index < -0.39 is 11.8 Å². The van der Waals surface area contributed by atoms with Crippen molar-refractivity contribution in [3.8, 4) is 11.5 Å². The van der Waals surface area contributed by atoms with Gasteiger partial charge in [-0.25, -0.2) is 5.43 Å². The van der Waals surface area contributed by atoms with E-state index >= 15 is 0 Å². The lowest BCUT2D eigenvalue weighted by atomic mass is 10.2. The molecule has 0 fully saturated rings. The summed E-state index contributed by atoms with van der Waals surface area (Å²) in [6, 6.07) is 18.6. The normalized spacial score (nSPS) is 10.5. The lowest BCUT2D eigenvalue weighted by Gasteiger charge is -2.10. The highest BCUT2D eigenvalue weighted by atomic mass is 35.5. The molecule has 35 heavy (non-hydrogen) atoms. The number of nitrogens with zero attached hydrogens (tertiary/aromatic N) is 1. The van der Waals surface area contributed by atoms with Gasteiger partial charge in [-0.15, -0.1) is 0 Å². The predicted octanol–water partition coefficient (Wildman–Crippen LogP) is 3.76. The van der Waals surface area contributed by atoms with Gasteiger partial charge in [0, 0.05) is 28.0 Å². The number of nitrogens with one attached hydrogen (secondary N) is 3. The number of carbonyl (C=O) groups excluding carboxylic acids is 3. The van der Waals surface area contributed by atoms with E-state index in [0.717, 1.165) is 5.56 Å². The quantitative estimate of drug-likeness (QED) is 0.250. The van der Waals surface area contributed by atoms with E-state index in [1.165, 1.54) is 13.3 Å². The number of carbonyl (C=O) groups is 3. The monoisotopic (exact) mass is 494 g/mol. The van der Waals surface area contributed by atoms with Gasteiger partial charge in [0.15, 0.2) is 6.61 Å². The molecule has 3 amide bonds. The summed E-state index contributed by atoms with van der Waals surface area (Å²) in [5.41, 5.74) is 4.45. The number of rotatable bonds is 8. The van der Waals surface area contributed by atoms with Gasteiger partial charge < -0.3 is 20.1 Å². The smallest absolute Gasteiger partial charge is 0.329 e. The molecule has 0 spiro atoms. The van der Waals surface area contributed by atoms with Crippen LogP contribution in [0.5, 0.6) is 11.5 Å². The van der Waals surface area contributed by atoms with E-state index in [0.29, 0.717) is 33.5 Å². The fourth-order valence-corrected chi connectivity index (χ4v) is 3.01. The molecule has 0 heterocycles. The molecule has 0 aromatic heterocycles. The summed E-state index contributed by atoms with van der Waals surface area (Å²) in [5.74, 6) is -1.25. The van der Waals surface area contributed by atoms with Crippen molar-refractivity contribution in [1.82, 2.24) is 5.43 Å². The number of methoxy groups -OCH3 is 1. The van der Waals surface area contributed by atoms with Gasteiger partial charge in [-0.1, -0.05) is 35.9 Å². The lowest BCUT2D eigenvalue weighted by molar-refractivity contribution is -0.136. The van der Waals surface area contributed by atoms with E-state index in [2.05, 4.69) is 21.2 Å². The van der Waals surface area contributed by atoms with Crippen molar-refractivity contribution in [2.24, 2.45) is 5.10 Å². The van der Waals surface area contributed by atoms with Gasteiger partial charge in [0.05, 0.1) is 13.3 Å². The van der Waals surface area contributed by atoms with Crippen molar-refractivity contribution in [2.45, 2.75) is 6.92 Å². The number of para-hydroxylation sites is 1. The summed E-state index contributed by atoms with van der Waals surface area (Å²) >= 11 is 6.02. The van der Waals surface area contributed by atoms with Crippen LogP contribution in [0, 0.1) is 6.92 Å². The molecule has 0 aliphatic heterocycles. The zero-order chi connectivity index (χ0) is 25.2. The van der Waals surface area contributed by atoms with E-state index in [1.54, 1.807) is 66.7 Å². The third kappa shape index (κ3) is 7.58. The molecule has 0 bridgehead atoms. The Bertz CT molecular complexity index is 1260. The van der Waals surface area contributed by atoms with Crippen LogP contribution in [0.25, 0.3) is 0 Å². The second-order valence-electron chi connectivity index (χ2n) is 7.22. The van der Waals surface area contributed by atoms with Crippen LogP contribution in [0.2, 0.25) is 5.02 Å². The molecule has 0 saturated carbocycles. The molecule has 3 N–H and O–H groups in total. The van der Waals surface area contributed by atoms with E-state index in [9.17, 15) is 14.4 Å². The van der Waals surface area contributed by atoms with E-state index in [-0.39, 0.29) is 12.5 Å². The standard InChI is InChI=1S/C25H23ClN4O5/c1-16-10-11-19(13-21(16)26)29-24(32)25(33)30-27-14-17-6-3-4-9-22(17)35-15-23(31)28-18-7-5-8-20(12-18)34-2/h3-14H,15H2,1-2H3,(H,28,31)(H,29,32)(H,30,33)/b27-14-. The third-order valence-electron chi connectivity index (χ3n) is 4.64. The molecule has 0 unspecified atom stereocenters. The van der Waals surface area contributed by atoms with Crippen LogP contribution in [0.1, 0.15) is 11.1 Å². The average molecular weight is 495 g/mol. The third-order valence-corrected chi connectivity index (χ3v) is 5.04. The number of amides is 3. The number of halogens is 1. The molecule has 3 aromatic carbocycles. The molecular weight excluding hydrogens is 472 g/mol. The summed E-state index contributed by atoms with van der Waals surface area (Å²) < 4.78 is 10.7. The van der Waals surface area contributed by atoms with Crippen LogP contribution in [-0.4, -0.2) is 37.7 Å². The molecule has 0 saturated heterocycles. The van der Waals surface area contributed by atoms with Crippen molar-refractivity contribution in [3.63, 3.8) is 0 Å². The predicted molar refractivity (Wildman–Crippen MR) is 134 cm³/mol. The first-order valence-electron chi connectivity index (χ1n) is 10.4. The molecule has 0 radical (unpaired) electrons. The van der Waals surface area contributed by atoms with Gasteiger partial charge in [0.1, 0.15) is 11.5 Å². The number of ether oxygens (including phenoxy) is 2. The summed E-state index contributed by atoms with van der Waals surface area (Å²) in [6.07, 6.45) is 1.31. The topological polar surface area (TPSA) is 118 Å². The van der Waals surface area contributed by atoms with Crippen LogP contribution >= 0.6 is 11.6 Å². The fourth-order valence-electron chi connectivity index (χ4n) is 2.83. The van der Waals surface area contributed by atoms with Crippen molar-refractivity contribution in [3.05, 3.63) is 82.9 Å². The van der Waals surface area contributed by atoms with Gasteiger partial charge in [0.2, 0.25) is 0 Å². The largest absolute Gasteiger partial charge is 0.497 e. The number of hydrogen-bond acceptors (Lipinski definition) is 6. The van der Waals surface area contributed by atoms with Gasteiger partial charge in [-0.2, -0.15) is 5.10 Å². The van der Waals surface area contributed by atoms with Crippen molar-refractivity contribution < 1.29 is 23.9 Å². The number of anilines is 2. The first-order chi connectivity index (χ1) is 16.9. The number of hydrazone groups is 1. The van der Waals surface area contributed by atoms with Gasteiger partial charge in [-0.3, -0.25) is 14.4 Å². The number of aryl methyl sites for hydroxylation is 1. The fraction of sp³-hybridized carbons (Fsp3) is 0.120. The van der Waals surface area contributed by atoms with Gasteiger partial charge in [-0.05, 0) is 48.9 Å². The molecule has 0 atom stereocenters. The van der Waals surface area contributed by atoms with Crippen LogP contribution in [0.3, 0.4) is 0 Å². The average Bonchev–Trinajstić information content (AvgIpc) is 2.85. The number of hydrogen-bond donors (Lipinski definition) is 3. The summed E-state index contributed by atoms with van der Waals surface area (Å²) in [4.78, 5) is 36.4. The lowest BCUT2D eigenvalue weighted by Crippen LogP contribution is -2.32. The maximum absolute atomic E-state index is 12.2. The second kappa shape index (κ2) is 12.2. The molecule has 180 valence electrons. The van der Waals surface area contributed by atoms with Crippen LogP contribution < -0.4 is 25.5 Å². The number of benzene rings is 3. The molecule has 3 aromatic rings.